The predicted molar refractivity (Wildman–Crippen MR) is 103 cm³/mol. The number of hydrogen-bond donors (Lipinski definition) is 2. The van der Waals surface area contributed by atoms with Gasteiger partial charge in [-0.15, -0.1) is 0 Å². The van der Waals surface area contributed by atoms with Gasteiger partial charge in [0.05, 0.1) is 5.02 Å². The Hall–Kier alpha value is -2.04. The minimum Gasteiger partial charge on any atom is -0.508 e. The second-order valence-corrected chi connectivity index (χ2v) is 7.11. The third-order valence-electron chi connectivity index (χ3n) is 4.57. The van der Waals surface area contributed by atoms with Crippen molar-refractivity contribution in [2.45, 2.75) is 26.2 Å². The van der Waals surface area contributed by atoms with Crippen molar-refractivity contribution in [3.63, 3.8) is 0 Å². The summed E-state index contributed by atoms with van der Waals surface area (Å²) in [6.45, 7) is 1.40. The first kappa shape index (κ1) is 18.7. The van der Waals surface area contributed by atoms with E-state index in [1.165, 1.54) is 19.1 Å². The van der Waals surface area contributed by atoms with Crippen molar-refractivity contribution < 1.29 is 13.9 Å². The number of aliphatic hydroxyl groups is 1. The van der Waals surface area contributed by atoms with Gasteiger partial charge in [0, 0.05) is 27.4 Å². The highest BCUT2D eigenvalue weighted by molar-refractivity contribution is 6.31. The fourth-order valence-electron chi connectivity index (χ4n) is 2.85. The van der Waals surface area contributed by atoms with Crippen LogP contribution in [0.25, 0.3) is 5.57 Å². The minimum absolute atomic E-state index is 0.00381. The molecular formula is C20H17Cl2F2NO. The van der Waals surface area contributed by atoms with Gasteiger partial charge in [0.2, 0.25) is 0 Å². The predicted octanol–water partition coefficient (Wildman–Crippen LogP) is 6.59. The van der Waals surface area contributed by atoms with Gasteiger partial charge >= 0.3 is 0 Å². The molecule has 1 aliphatic rings. The fourth-order valence-corrected chi connectivity index (χ4v) is 3.17. The average Bonchev–Trinajstić information content (AvgIpc) is 2.53. The summed E-state index contributed by atoms with van der Waals surface area (Å²) in [7, 11) is 0. The molecule has 1 fully saturated rings. The van der Waals surface area contributed by atoms with Gasteiger partial charge in [0.15, 0.2) is 0 Å². The Kier molecular flexibility index (Phi) is 5.26. The monoisotopic (exact) mass is 395 g/mol. The van der Waals surface area contributed by atoms with E-state index in [-0.39, 0.29) is 27.5 Å². The molecule has 2 aromatic rings. The van der Waals surface area contributed by atoms with E-state index < -0.39 is 11.6 Å². The molecule has 0 heterocycles. The zero-order valence-electron chi connectivity index (χ0n) is 14.0. The summed E-state index contributed by atoms with van der Waals surface area (Å²) in [5, 5.41) is 10.5. The van der Waals surface area contributed by atoms with Gasteiger partial charge in [-0.1, -0.05) is 29.3 Å². The standard InChI is InChI=1S/C20H17Cl2F2NO/c1-10-19(22)16(23)8-15(20(10)24)14(9-18(26)11-3-2-4-11)13-6-5-12(21)7-17(13)25/h5-9,26H,2-4,25H2,1H3/b14-9-. The van der Waals surface area contributed by atoms with E-state index in [9.17, 15) is 13.9 Å². The van der Waals surface area contributed by atoms with E-state index >= 15 is 0 Å². The lowest BCUT2D eigenvalue weighted by molar-refractivity contribution is 0.407. The molecule has 136 valence electrons. The van der Waals surface area contributed by atoms with Crippen LogP contribution >= 0.6 is 23.2 Å². The Balaban J connectivity index is 2.27. The fraction of sp³-hybridized carbons (Fsp3) is 0.200. The first-order chi connectivity index (χ1) is 12.3. The van der Waals surface area contributed by atoms with Gasteiger partial charge in [-0.05, 0) is 61.6 Å². The van der Waals surface area contributed by atoms with Crippen LogP contribution in [0.2, 0.25) is 10.0 Å². The maximum atomic E-state index is 14.9. The average molecular weight is 396 g/mol. The summed E-state index contributed by atoms with van der Waals surface area (Å²) in [6.07, 6.45) is 3.98. The smallest absolute Gasteiger partial charge is 0.142 e. The van der Waals surface area contributed by atoms with Crippen LogP contribution in [0.1, 0.15) is 36.0 Å². The number of hydrogen-bond acceptors (Lipinski definition) is 2. The van der Waals surface area contributed by atoms with Crippen LogP contribution in [-0.4, -0.2) is 5.11 Å². The van der Waals surface area contributed by atoms with Crippen LogP contribution < -0.4 is 5.73 Å². The summed E-state index contributed by atoms with van der Waals surface area (Å²) in [5.41, 5.74) is 7.91. The molecule has 2 nitrogen and oxygen atoms in total. The third-order valence-corrected chi connectivity index (χ3v) is 5.27. The Morgan fingerprint density at radius 2 is 1.85 bits per heavy atom. The highest BCUT2D eigenvalue weighted by Gasteiger charge is 2.21. The molecular weight excluding hydrogens is 379 g/mol. The molecule has 6 heteroatoms. The van der Waals surface area contributed by atoms with Crippen molar-refractivity contribution in [2.24, 2.45) is 0 Å². The molecule has 0 aliphatic heterocycles. The number of halogens is 4. The first-order valence-electron chi connectivity index (χ1n) is 8.12. The summed E-state index contributed by atoms with van der Waals surface area (Å²) in [5.74, 6) is -1.36. The van der Waals surface area contributed by atoms with Crippen molar-refractivity contribution >= 4 is 34.5 Å². The van der Waals surface area contributed by atoms with E-state index in [4.69, 9.17) is 28.9 Å². The lowest BCUT2D eigenvalue weighted by Gasteiger charge is -2.19. The number of nitrogens with two attached hydrogens (primary N) is 1. The molecule has 26 heavy (non-hydrogen) atoms. The number of nitrogen functional groups attached to an aromatic ring is 1. The maximum absolute atomic E-state index is 14.9. The van der Waals surface area contributed by atoms with E-state index in [1.54, 1.807) is 12.1 Å². The summed E-state index contributed by atoms with van der Waals surface area (Å²) < 4.78 is 29.1. The van der Waals surface area contributed by atoms with E-state index in [1.807, 2.05) is 0 Å². The summed E-state index contributed by atoms with van der Waals surface area (Å²) in [6, 6.07) is 5.76. The number of allylic oxidation sites excluding steroid dienone is 2. The van der Waals surface area contributed by atoms with Gasteiger partial charge in [0.1, 0.15) is 17.4 Å². The van der Waals surface area contributed by atoms with Gasteiger partial charge in [-0.25, -0.2) is 8.78 Å². The Labute approximate surface area is 160 Å². The van der Waals surface area contributed by atoms with E-state index in [0.717, 1.165) is 30.9 Å². The maximum Gasteiger partial charge on any atom is 0.142 e. The van der Waals surface area contributed by atoms with Crippen molar-refractivity contribution in [1.29, 1.82) is 0 Å². The van der Waals surface area contributed by atoms with Crippen LogP contribution in [-0.2, 0) is 0 Å². The van der Waals surface area contributed by atoms with Crippen LogP contribution in [0.15, 0.2) is 41.7 Å². The quantitative estimate of drug-likeness (QED) is 0.349. The zero-order valence-corrected chi connectivity index (χ0v) is 15.6. The molecule has 0 aromatic heterocycles. The third kappa shape index (κ3) is 3.44. The SMILES string of the molecule is Cc1c(F)c(/C(=C\C(O)=C2CCC2)c2ccc(Cl)cc2N)cc(F)c1Cl. The van der Waals surface area contributed by atoms with Crippen LogP contribution in [0, 0.1) is 18.6 Å². The van der Waals surface area contributed by atoms with Gasteiger partial charge in [-0.3, -0.25) is 0 Å². The van der Waals surface area contributed by atoms with Crippen molar-refractivity contribution in [1.82, 2.24) is 0 Å². The van der Waals surface area contributed by atoms with Gasteiger partial charge in [-0.2, -0.15) is 0 Å². The first-order valence-corrected chi connectivity index (χ1v) is 8.87. The van der Waals surface area contributed by atoms with Crippen LogP contribution in [0.3, 0.4) is 0 Å². The molecule has 1 aliphatic carbocycles. The highest BCUT2D eigenvalue weighted by Crippen LogP contribution is 2.37. The topological polar surface area (TPSA) is 46.2 Å². The Bertz CT molecular complexity index is 945. The molecule has 3 N–H and O–H groups in total. The van der Waals surface area contributed by atoms with Crippen molar-refractivity contribution in [3.8, 4) is 0 Å². The van der Waals surface area contributed by atoms with Crippen LogP contribution in [0.4, 0.5) is 14.5 Å². The lowest BCUT2D eigenvalue weighted by Crippen LogP contribution is -2.04. The summed E-state index contributed by atoms with van der Waals surface area (Å²) >= 11 is 11.8. The lowest BCUT2D eigenvalue weighted by atomic mass is 9.88. The zero-order chi connectivity index (χ0) is 19.0. The summed E-state index contributed by atoms with van der Waals surface area (Å²) in [4.78, 5) is 0. The number of benzene rings is 2. The molecule has 1 saturated carbocycles. The molecule has 3 rings (SSSR count). The molecule has 0 radical (unpaired) electrons. The van der Waals surface area contributed by atoms with Crippen LogP contribution in [0.5, 0.6) is 0 Å². The number of rotatable bonds is 3. The molecule has 2 aromatic carbocycles. The van der Waals surface area contributed by atoms with Gasteiger partial charge < -0.3 is 10.8 Å². The largest absolute Gasteiger partial charge is 0.508 e. The molecule has 0 unspecified atom stereocenters. The van der Waals surface area contributed by atoms with E-state index in [0.29, 0.717) is 16.3 Å². The van der Waals surface area contributed by atoms with Crippen molar-refractivity contribution in [2.75, 3.05) is 5.73 Å². The molecule has 0 saturated heterocycles. The number of anilines is 1. The highest BCUT2D eigenvalue weighted by atomic mass is 35.5. The van der Waals surface area contributed by atoms with E-state index in [2.05, 4.69) is 0 Å². The second kappa shape index (κ2) is 7.29. The molecule has 0 spiro atoms. The van der Waals surface area contributed by atoms with Gasteiger partial charge in [0.25, 0.3) is 0 Å². The molecule has 0 amide bonds. The Morgan fingerprint density at radius 3 is 2.42 bits per heavy atom. The molecule has 0 atom stereocenters. The number of aliphatic hydroxyl groups excluding tert-OH is 1. The second-order valence-electron chi connectivity index (χ2n) is 6.29. The minimum atomic E-state index is -0.741. The molecule has 0 bridgehead atoms. The normalized spacial score (nSPS) is 14.3. The Morgan fingerprint density at radius 1 is 1.15 bits per heavy atom. The van der Waals surface area contributed by atoms with Crippen molar-refractivity contribution in [3.05, 3.63) is 80.0 Å².